The van der Waals surface area contributed by atoms with E-state index in [4.69, 9.17) is 15.6 Å². The minimum Gasteiger partial charge on any atom is -0.475 e. The van der Waals surface area contributed by atoms with Crippen molar-refractivity contribution in [1.82, 2.24) is 9.62 Å². The Kier molecular flexibility index (Phi) is 8.32. The van der Waals surface area contributed by atoms with Crippen molar-refractivity contribution < 1.29 is 36.3 Å². The number of halogens is 3. The standard InChI is InChI=1S/C20H20N4O3S2.C2HF3O2/c21-19(14-6-2-1-3-7-14)22-13-24-11-10-16(20(24)25)23-29(26,27)18-12-15-8-4-5-9-17(15)28-18;3-2(4,5)1(6)7/h1-9,12,16,23H,10-11,13H2,(H2,21,22);(H,6,7)/t16-;/m0./s1. The Labute approximate surface area is 208 Å². The van der Waals surface area contributed by atoms with Crippen LogP contribution in [-0.2, 0) is 19.6 Å². The lowest BCUT2D eigenvalue weighted by Crippen LogP contribution is -2.41. The first-order valence-electron chi connectivity index (χ1n) is 10.3. The molecule has 1 fully saturated rings. The number of sulfonamides is 1. The van der Waals surface area contributed by atoms with Crippen molar-refractivity contribution in [1.29, 1.82) is 0 Å². The number of aliphatic imine (C=N–C) groups is 1. The van der Waals surface area contributed by atoms with Crippen LogP contribution in [0.25, 0.3) is 10.1 Å². The summed E-state index contributed by atoms with van der Waals surface area (Å²) >= 11 is 1.19. The van der Waals surface area contributed by atoms with E-state index in [9.17, 15) is 26.4 Å². The summed E-state index contributed by atoms with van der Waals surface area (Å²) in [6, 6.07) is 17.6. The normalized spacial score (nSPS) is 16.6. The quantitative estimate of drug-likeness (QED) is 0.323. The summed E-state index contributed by atoms with van der Waals surface area (Å²) in [4.78, 5) is 27.3. The van der Waals surface area contributed by atoms with E-state index in [1.165, 1.54) is 16.2 Å². The first-order valence-corrected chi connectivity index (χ1v) is 12.6. The maximum atomic E-state index is 12.7. The van der Waals surface area contributed by atoms with Gasteiger partial charge in [-0.15, -0.1) is 11.3 Å². The van der Waals surface area contributed by atoms with Crippen molar-refractivity contribution in [2.75, 3.05) is 13.2 Å². The summed E-state index contributed by atoms with van der Waals surface area (Å²) in [5, 5.41) is 7.99. The third kappa shape index (κ3) is 6.80. The molecule has 0 radical (unpaired) electrons. The molecule has 4 N–H and O–H groups in total. The highest BCUT2D eigenvalue weighted by Crippen LogP contribution is 2.29. The molecular formula is C22H21F3N4O5S2. The largest absolute Gasteiger partial charge is 0.490 e. The number of rotatable bonds is 6. The van der Waals surface area contributed by atoms with Crippen molar-refractivity contribution in [3.05, 3.63) is 66.2 Å². The van der Waals surface area contributed by atoms with E-state index in [2.05, 4.69) is 9.71 Å². The van der Waals surface area contributed by atoms with E-state index >= 15 is 0 Å². The van der Waals surface area contributed by atoms with Crippen LogP contribution in [-0.4, -0.2) is 61.6 Å². The number of carbonyl (C=O) groups excluding carboxylic acids is 1. The summed E-state index contributed by atoms with van der Waals surface area (Å²) in [5.41, 5.74) is 6.75. The zero-order valence-corrected chi connectivity index (χ0v) is 20.1. The Morgan fingerprint density at radius 1 is 1.17 bits per heavy atom. The molecule has 0 saturated carbocycles. The molecular weight excluding hydrogens is 521 g/mol. The predicted octanol–water partition coefficient (Wildman–Crippen LogP) is 2.78. The Hall–Kier alpha value is -3.49. The maximum absolute atomic E-state index is 12.7. The van der Waals surface area contributed by atoms with Crippen molar-refractivity contribution in [2.24, 2.45) is 10.7 Å². The molecule has 0 unspecified atom stereocenters. The van der Waals surface area contributed by atoms with Gasteiger partial charge in [-0.1, -0.05) is 48.5 Å². The van der Waals surface area contributed by atoms with Gasteiger partial charge in [0.2, 0.25) is 5.91 Å². The van der Waals surface area contributed by atoms with Gasteiger partial charge in [-0.05, 0) is 23.9 Å². The van der Waals surface area contributed by atoms with Crippen molar-refractivity contribution in [3.63, 3.8) is 0 Å². The van der Waals surface area contributed by atoms with Gasteiger partial charge in [0.1, 0.15) is 22.8 Å². The molecule has 36 heavy (non-hydrogen) atoms. The van der Waals surface area contributed by atoms with Crippen LogP contribution in [0.2, 0.25) is 0 Å². The molecule has 1 amide bonds. The minimum atomic E-state index is -5.08. The van der Waals surface area contributed by atoms with Crippen LogP contribution in [0.1, 0.15) is 12.0 Å². The van der Waals surface area contributed by atoms with Gasteiger partial charge in [0.15, 0.2) is 0 Å². The molecule has 14 heteroatoms. The molecule has 0 aliphatic carbocycles. The molecule has 2 aromatic carbocycles. The maximum Gasteiger partial charge on any atom is 0.490 e. The van der Waals surface area contributed by atoms with Crippen molar-refractivity contribution in [2.45, 2.75) is 22.8 Å². The summed E-state index contributed by atoms with van der Waals surface area (Å²) in [6.45, 7) is 0.519. The monoisotopic (exact) mass is 542 g/mol. The molecule has 1 aromatic heterocycles. The lowest BCUT2D eigenvalue weighted by atomic mass is 10.2. The molecule has 9 nitrogen and oxygen atoms in total. The fourth-order valence-corrected chi connectivity index (χ4v) is 5.82. The highest BCUT2D eigenvalue weighted by molar-refractivity contribution is 7.91. The van der Waals surface area contributed by atoms with Crippen LogP contribution < -0.4 is 10.5 Å². The predicted molar refractivity (Wildman–Crippen MR) is 128 cm³/mol. The number of carboxylic acids is 1. The third-order valence-corrected chi connectivity index (χ3v) is 8.05. The number of carbonyl (C=O) groups is 2. The lowest BCUT2D eigenvalue weighted by molar-refractivity contribution is -0.192. The number of fused-ring (bicyclic) bond motifs is 1. The number of hydrogen-bond acceptors (Lipinski definition) is 6. The van der Waals surface area contributed by atoms with Gasteiger partial charge in [-0.2, -0.15) is 17.9 Å². The minimum absolute atomic E-state index is 0.0979. The number of nitrogens with two attached hydrogens (primary N) is 1. The molecule has 3 aromatic rings. The van der Waals surface area contributed by atoms with Crippen molar-refractivity contribution in [3.8, 4) is 0 Å². The van der Waals surface area contributed by atoms with Gasteiger partial charge in [0.25, 0.3) is 10.0 Å². The molecule has 1 aliphatic rings. The molecule has 0 bridgehead atoms. The van der Waals surface area contributed by atoms with Gasteiger partial charge in [0, 0.05) is 16.8 Å². The smallest absolute Gasteiger partial charge is 0.475 e. The second-order valence-corrected chi connectivity index (χ2v) is 10.5. The average Bonchev–Trinajstić information content (AvgIpc) is 3.42. The van der Waals surface area contributed by atoms with E-state index in [1.54, 1.807) is 6.07 Å². The second kappa shape index (κ2) is 11.1. The van der Waals surface area contributed by atoms with Crippen LogP contribution >= 0.6 is 11.3 Å². The van der Waals surface area contributed by atoms with E-state index in [-0.39, 0.29) is 16.8 Å². The molecule has 1 aliphatic heterocycles. The van der Waals surface area contributed by atoms with Gasteiger partial charge in [-0.25, -0.2) is 18.2 Å². The van der Waals surface area contributed by atoms with E-state index < -0.39 is 28.2 Å². The number of hydrogen-bond donors (Lipinski definition) is 3. The first-order chi connectivity index (χ1) is 16.9. The number of thiophene rings is 1. The van der Waals surface area contributed by atoms with Crippen LogP contribution in [0.15, 0.2) is 69.9 Å². The van der Waals surface area contributed by atoms with Crippen LogP contribution in [0.4, 0.5) is 13.2 Å². The average molecular weight is 543 g/mol. The Morgan fingerprint density at radius 2 is 1.78 bits per heavy atom. The number of aliphatic carboxylic acids is 1. The van der Waals surface area contributed by atoms with E-state index in [1.807, 2.05) is 54.6 Å². The zero-order chi connectivity index (χ0) is 26.5. The number of alkyl halides is 3. The highest BCUT2D eigenvalue weighted by atomic mass is 32.2. The van der Waals surface area contributed by atoms with Crippen LogP contribution in [0, 0.1) is 0 Å². The van der Waals surface area contributed by atoms with Crippen LogP contribution in [0.3, 0.4) is 0 Å². The van der Waals surface area contributed by atoms with E-state index in [0.717, 1.165) is 15.6 Å². The van der Waals surface area contributed by atoms with Gasteiger partial charge < -0.3 is 15.7 Å². The Morgan fingerprint density at radius 3 is 2.39 bits per heavy atom. The Balaban J connectivity index is 0.000000454. The number of likely N-dealkylation sites (tertiary alicyclic amines) is 1. The van der Waals surface area contributed by atoms with Gasteiger partial charge in [0.05, 0.1) is 0 Å². The highest BCUT2D eigenvalue weighted by Gasteiger charge is 2.38. The number of benzene rings is 2. The summed E-state index contributed by atoms with van der Waals surface area (Å²) in [6.07, 6.45) is -4.69. The number of nitrogens with zero attached hydrogens (tertiary/aromatic N) is 2. The number of amidine groups is 1. The molecule has 4 rings (SSSR count). The SMILES string of the molecule is NC(=NCN1CC[C@H](NS(=O)(=O)c2cc3ccccc3s2)C1=O)c1ccccc1.O=C(O)C(F)(F)F. The van der Waals surface area contributed by atoms with Crippen molar-refractivity contribution >= 4 is 49.2 Å². The lowest BCUT2D eigenvalue weighted by Gasteiger charge is -2.15. The molecule has 1 atom stereocenters. The molecule has 192 valence electrons. The molecule has 2 heterocycles. The van der Waals surface area contributed by atoms with E-state index in [0.29, 0.717) is 18.8 Å². The molecule has 0 spiro atoms. The summed E-state index contributed by atoms with van der Waals surface area (Å²) in [7, 11) is -3.78. The Bertz CT molecular complexity index is 1340. The third-order valence-electron chi connectivity index (χ3n) is 4.99. The zero-order valence-electron chi connectivity index (χ0n) is 18.5. The number of carboxylic acid groups (broad SMARTS) is 1. The number of nitrogens with one attached hydrogen (secondary N) is 1. The second-order valence-electron chi connectivity index (χ2n) is 7.52. The summed E-state index contributed by atoms with van der Waals surface area (Å²) < 4.78 is 60.9. The fourth-order valence-electron chi connectivity index (χ4n) is 3.19. The summed E-state index contributed by atoms with van der Waals surface area (Å²) in [5.74, 6) is -2.71. The topological polar surface area (TPSA) is 142 Å². The molecule has 1 saturated heterocycles. The van der Waals surface area contributed by atoms with Gasteiger partial charge in [-0.3, -0.25) is 4.79 Å². The fraction of sp³-hybridized carbons (Fsp3) is 0.227. The number of amides is 1. The first kappa shape index (κ1) is 27.1. The van der Waals surface area contributed by atoms with Crippen LogP contribution in [0.5, 0.6) is 0 Å². The van der Waals surface area contributed by atoms with Gasteiger partial charge >= 0.3 is 12.1 Å².